The number of rotatable bonds is 5. The molecule has 2 rings (SSSR count). The smallest absolute Gasteiger partial charge is 0.344 e. The normalized spacial score (nSPS) is 35.6. The zero-order valence-corrected chi connectivity index (χ0v) is 12.2. The van der Waals surface area contributed by atoms with Crippen molar-refractivity contribution in [2.24, 2.45) is 11.8 Å². The van der Waals surface area contributed by atoms with Gasteiger partial charge in [0.15, 0.2) is 0 Å². The predicted octanol–water partition coefficient (Wildman–Crippen LogP) is 3.71. The molecule has 2 unspecified atom stereocenters. The van der Waals surface area contributed by atoms with Crippen LogP contribution in [0.5, 0.6) is 0 Å². The second-order valence-electron chi connectivity index (χ2n) is 5.72. The van der Waals surface area contributed by atoms with Gasteiger partial charge in [0, 0.05) is 19.8 Å². The van der Waals surface area contributed by atoms with Gasteiger partial charge < -0.3 is 8.85 Å². The van der Waals surface area contributed by atoms with Crippen LogP contribution in [0, 0.1) is 11.8 Å². The Hall–Kier alpha value is 0.137. The molecule has 2 saturated carbocycles. The van der Waals surface area contributed by atoms with Crippen molar-refractivity contribution in [2.45, 2.75) is 57.0 Å². The summed E-state index contributed by atoms with van der Waals surface area (Å²) in [5.41, 5.74) is 1.38. The Morgan fingerprint density at radius 2 is 1.88 bits per heavy atom. The van der Waals surface area contributed by atoms with Crippen LogP contribution in [0.1, 0.15) is 46.0 Å². The van der Waals surface area contributed by atoms with E-state index in [-0.39, 0.29) is 0 Å². The molecule has 16 heavy (non-hydrogen) atoms. The van der Waals surface area contributed by atoms with E-state index in [1.165, 1.54) is 32.1 Å². The molecule has 0 aliphatic heterocycles. The van der Waals surface area contributed by atoms with Crippen molar-refractivity contribution in [1.29, 1.82) is 0 Å². The molecular formula is C13H26O2Si. The summed E-state index contributed by atoms with van der Waals surface area (Å²) in [6.45, 7) is 4.59. The van der Waals surface area contributed by atoms with Gasteiger partial charge in [-0.15, -0.1) is 0 Å². The van der Waals surface area contributed by atoms with Crippen molar-refractivity contribution in [3.63, 3.8) is 0 Å². The molecular weight excluding hydrogens is 216 g/mol. The van der Waals surface area contributed by atoms with Gasteiger partial charge in [0.1, 0.15) is 0 Å². The zero-order valence-electron chi connectivity index (χ0n) is 11.2. The van der Waals surface area contributed by atoms with Gasteiger partial charge in [-0.25, -0.2) is 0 Å². The Balaban J connectivity index is 2.18. The first-order chi connectivity index (χ1) is 7.67. The van der Waals surface area contributed by atoms with Gasteiger partial charge in [-0.1, -0.05) is 33.1 Å². The Morgan fingerprint density at radius 3 is 2.25 bits per heavy atom. The summed E-state index contributed by atoms with van der Waals surface area (Å²) in [4.78, 5) is 0. The highest BCUT2D eigenvalue weighted by molar-refractivity contribution is 6.70. The first kappa shape index (κ1) is 12.6. The van der Waals surface area contributed by atoms with Gasteiger partial charge >= 0.3 is 8.56 Å². The molecule has 0 spiro atoms. The molecule has 0 heterocycles. The first-order valence-corrected chi connectivity index (χ1v) is 8.75. The van der Waals surface area contributed by atoms with Gasteiger partial charge in [-0.05, 0) is 30.2 Å². The van der Waals surface area contributed by atoms with E-state index in [0.717, 1.165) is 17.4 Å². The monoisotopic (exact) mass is 242 g/mol. The van der Waals surface area contributed by atoms with Crippen LogP contribution in [-0.4, -0.2) is 22.8 Å². The van der Waals surface area contributed by atoms with Gasteiger partial charge in [-0.3, -0.25) is 0 Å². The molecule has 0 radical (unpaired) electrons. The maximum Gasteiger partial charge on any atom is 0.344 e. The molecule has 2 aliphatic rings. The fourth-order valence-corrected chi connectivity index (χ4v) is 8.67. The molecule has 0 amide bonds. The lowest BCUT2D eigenvalue weighted by atomic mass is 10.0. The molecule has 4 atom stereocenters. The lowest BCUT2D eigenvalue weighted by Gasteiger charge is -2.41. The van der Waals surface area contributed by atoms with E-state index in [4.69, 9.17) is 8.85 Å². The molecule has 2 bridgehead atoms. The van der Waals surface area contributed by atoms with E-state index in [0.29, 0.717) is 5.54 Å². The first-order valence-electron chi connectivity index (χ1n) is 6.78. The Kier molecular flexibility index (Phi) is 3.77. The molecule has 2 fully saturated rings. The number of hydrogen-bond donors (Lipinski definition) is 0. The van der Waals surface area contributed by atoms with Crippen LogP contribution in [0.25, 0.3) is 0 Å². The van der Waals surface area contributed by atoms with Crippen molar-refractivity contribution >= 4 is 8.56 Å². The van der Waals surface area contributed by atoms with E-state index in [1.54, 1.807) is 0 Å². The topological polar surface area (TPSA) is 18.5 Å². The summed E-state index contributed by atoms with van der Waals surface area (Å²) >= 11 is 0. The molecule has 2 nitrogen and oxygen atoms in total. The van der Waals surface area contributed by atoms with Crippen LogP contribution < -0.4 is 0 Å². The van der Waals surface area contributed by atoms with Crippen LogP contribution in [0.4, 0.5) is 0 Å². The van der Waals surface area contributed by atoms with Gasteiger partial charge in [-0.2, -0.15) is 0 Å². The lowest BCUT2D eigenvalue weighted by Crippen LogP contribution is -2.50. The van der Waals surface area contributed by atoms with Crippen molar-refractivity contribution < 1.29 is 8.85 Å². The van der Waals surface area contributed by atoms with Crippen LogP contribution in [0.2, 0.25) is 11.1 Å². The SMILES string of the molecule is CCC(C)[Si](OC)(OC)C1C[C@H]2CC[C@@H]1C2. The summed E-state index contributed by atoms with van der Waals surface area (Å²) in [6, 6.07) is 0. The van der Waals surface area contributed by atoms with E-state index < -0.39 is 8.56 Å². The Labute approximate surface area is 101 Å². The minimum absolute atomic E-state index is 0.617. The van der Waals surface area contributed by atoms with Crippen molar-refractivity contribution in [3.05, 3.63) is 0 Å². The second kappa shape index (κ2) is 4.79. The van der Waals surface area contributed by atoms with E-state index >= 15 is 0 Å². The molecule has 94 valence electrons. The number of hydrogen-bond acceptors (Lipinski definition) is 2. The summed E-state index contributed by atoms with van der Waals surface area (Å²) in [5.74, 6) is 1.89. The highest BCUT2D eigenvalue weighted by Gasteiger charge is 2.56. The maximum absolute atomic E-state index is 5.99. The largest absolute Gasteiger partial charge is 0.397 e. The van der Waals surface area contributed by atoms with Crippen LogP contribution in [0.3, 0.4) is 0 Å². The molecule has 3 heteroatoms. The molecule has 0 aromatic heterocycles. The number of fused-ring (bicyclic) bond motifs is 2. The van der Waals surface area contributed by atoms with Crippen LogP contribution >= 0.6 is 0 Å². The van der Waals surface area contributed by atoms with Crippen molar-refractivity contribution in [1.82, 2.24) is 0 Å². The van der Waals surface area contributed by atoms with E-state index in [1.807, 2.05) is 14.2 Å². The third kappa shape index (κ3) is 1.77. The summed E-state index contributed by atoms with van der Waals surface area (Å²) < 4.78 is 12.0. The average Bonchev–Trinajstić information content (AvgIpc) is 2.93. The fraction of sp³-hybridized carbons (Fsp3) is 1.00. The standard InChI is InChI=1S/C13H26O2Si/c1-5-10(2)16(14-3,15-4)13-9-11-6-7-12(13)8-11/h10-13H,5-9H2,1-4H3/t10?,11-,12+,13?/m0/s1. The minimum Gasteiger partial charge on any atom is -0.397 e. The van der Waals surface area contributed by atoms with Gasteiger partial charge in [0.2, 0.25) is 0 Å². The highest BCUT2D eigenvalue weighted by Crippen LogP contribution is 2.58. The summed E-state index contributed by atoms with van der Waals surface area (Å²) in [5, 5.41) is 0. The van der Waals surface area contributed by atoms with E-state index in [9.17, 15) is 0 Å². The molecule has 0 aromatic carbocycles. The Bertz CT molecular complexity index is 240. The molecule has 2 aliphatic carbocycles. The van der Waals surface area contributed by atoms with Crippen molar-refractivity contribution in [3.8, 4) is 0 Å². The van der Waals surface area contributed by atoms with Crippen LogP contribution in [-0.2, 0) is 8.85 Å². The zero-order chi connectivity index (χ0) is 11.8. The highest BCUT2D eigenvalue weighted by atomic mass is 28.4. The van der Waals surface area contributed by atoms with Crippen molar-refractivity contribution in [2.75, 3.05) is 14.2 Å². The van der Waals surface area contributed by atoms with Crippen LogP contribution in [0.15, 0.2) is 0 Å². The quantitative estimate of drug-likeness (QED) is 0.684. The third-order valence-electron chi connectivity index (χ3n) is 5.19. The Morgan fingerprint density at radius 1 is 1.19 bits per heavy atom. The second-order valence-corrected chi connectivity index (χ2v) is 9.71. The average molecular weight is 242 g/mol. The third-order valence-corrected chi connectivity index (χ3v) is 9.99. The van der Waals surface area contributed by atoms with Gasteiger partial charge in [0.05, 0.1) is 0 Å². The summed E-state index contributed by atoms with van der Waals surface area (Å²) in [7, 11) is 1.80. The lowest BCUT2D eigenvalue weighted by molar-refractivity contribution is 0.200. The molecule has 0 aromatic rings. The van der Waals surface area contributed by atoms with E-state index in [2.05, 4.69) is 13.8 Å². The molecule has 0 saturated heterocycles. The molecule has 0 N–H and O–H groups in total. The fourth-order valence-electron chi connectivity index (χ4n) is 4.18. The maximum atomic E-state index is 5.99. The minimum atomic E-state index is -1.97. The van der Waals surface area contributed by atoms with Gasteiger partial charge in [0.25, 0.3) is 0 Å². The predicted molar refractivity (Wildman–Crippen MR) is 68.7 cm³/mol. The summed E-state index contributed by atoms with van der Waals surface area (Å²) in [6.07, 6.45) is 6.89.